The van der Waals surface area contributed by atoms with Gasteiger partial charge in [-0.2, -0.15) is 0 Å². The lowest BCUT2D eigenvalue weighted by atomic mass is 10.2. The van der Waals surface area contributed by atoms with Gasteiger partial charge < -0.3 is 10.6 Å². The molecular formula is C13H13BrFN3. The summed E-state index contributed by atoms with van der Waals surface area (Å²) in [5, 5.41) is 0. The predicted octanol–water partition coefficient (Wildman–Crippen LogP) is 3.64. The van der Waals surface area contributed by atoms with E-state index in [1.165, 1.54) is 6.07 Å². The lowest BCUT2D eigenvalue weighted by molar-refractivity contribution is 0.627. The van der Waals surface area contributed by atoms with Gasteiger partial charge in [0.15, 0.2) is 0 Å². The van der Waals surface area contributed by atoms with Crippen molar-refractivity contribution in [2.75, 3.05) is 17.7 Å². The number of anilines is 3. The fourth-order valence-corrected chi connectivity index (χ4v) is 2.25. The Hall–Kier alpha value is -1.62. The van der Waals surface area contributed by atoms with Crippen LogP contribution in [0.1, 0.15) is 5.56 Å². The van der Waals surface area contributed by atoms with Crippen LogP contribution in [0.25, 0.3) is 0 Å². The van der Waals surface area contributed by atoms with Crippen LogP contribution in [0.3, 0.4) is 0 Å². The number of para-hydroxylation sites is 1. The largest absolute Gasteiger partial charge is 0.397 e. The molecule has 0 aliphatic rings. The van der Waals surface area contributed by atoms with Gasteiger partial charge in [-0.1, -0.05) is 12.1 Å². The van der Waals surface area contributed by atoms with E-state index in [1.807, 2.05) is 6.92 Å². The van der Waals surface area contributed by atoms with Crippen LogP contribution in [0.4, 0.5) is 21.6 Å². The SMILES string of the molecule is Cc1c(N)cnc(N(C)c2ccccc2F)c1Br. The number of nitrogen functional groups attached to an aromatic ring is 1. The van der Waals surface area contributed by atoms with Crippen molar-refractivity contribution in [3.63, 3.8) is 0 Å². The van der Waals surface area contributed by atoms with Crippen molar-refractivity contribution < 1.29 is 4.39 Å². The molecule has 0 spiro atoms. The molecule has 0 fully saturated rings. The number of benzene rings is 1. The minimum atomic E-state index is -0.289. The molecular weight excluding hydrogens is 297 g/mol. The molecule has 0 saturated heterocycles. The van der Waals surface area contributed by atoms with Crippen LogP contribution in [-0.2, 0) is 0 Å². The molecule has 18 heavy (non-hydrogen) atoms. The summed E-state index contributed by atoms with van der Waals surface area (Å²) in [4.78, 5) is 5.93. The normalized spacial score (nSPS) is 10.4. The van der Waals surface area contributed by atoms with E-state index in [4.69, 9.17) is 5.73 Å². The Bertz CT molecular complexity index is 586. The number of halogens is 2. The van der Waals surface area contributed by atoms with Gasteiger partial charge in [-0.25, -0.2) is 9.37 Å². The summed E-state index contributed by atoms with van der Waals surface area (Å²) in [6.45, 7) is 1.89. The average Bonchev–Trinajstić information content (AvgIpc) is 2.36. The molecule has 2 N–H and O–H groups in total. The zero-order chi connectivity index (χ0) is 13.3. The van der Waals surface area contributed by atoms with Crippen molar-refractivity contribution in [3.8, 4) is 0 Å². The lowest BCUT2D eigenvalue weighted by Crippen LogP contribution is -2.14. The number of hydrogen-bond acceptors (Lipinski definition) is 3. The highest BCUT2D eigenvalue weighted by atomic mass is 79.9. The third-order valence-electron chi connectivity index (χ3n) is 2.82. The van der Waals surface area contributed by atoms with E-state index in [1.54, 1.807) is 36.3 Å². The van der Waals surface area contributed by atoms with Crippen molar-refractivity contribution in [2.24, 2.45) is 0 Å². The number of pyridine rings is 1. The predicted molar refractivity (Wildman–Crippen MR) is 75.5 cm³/mol. The topological polar surface area (TPSA) is 42.1 Å². The second-order valence-corrected chi connectivity index (χ2v) is 4.78. The highest BCUT2D eigenvalue weighted by molar-refractivity contribution is 9.10. The third-order valence-corrected chi connectivity index (χ3v) is 3.77. The van der Waals surface area contributed by atoms with Crippen LogP contribution in [0.15, 0.2) is 34.9 Å². The molecule has 0 aliphatic carbocycles. The molecule has 94 valence electrons. The molecule has 0 radical (unpaired) electrons. The second-order valence-electron chi connectivity index (χ2n) is 3.99. The molecule has 0 amide bonds. The van der Waals surface area contributed by atoms with Gasteiger partial charge in [-0.3, -0.25) is 0 Å². The molecule has 0 saturated carbocycles. The second kappa shape index (κ2) is 4.94. The van der Waals surface area contributed by atoms with Crippen molar-refractivity contribution in [3.05, 3.63) is 46.3 Å². The molecule has 0 atom stereocenters. The van der Waals surface area contributed by atoms with E-state index in [0.29, 0.717) is 17.2 Å². The number of aromatic nitrogens is 1. The van der Waals surface area contributed by atoms with Gasteiger partial charge in [-0.05, 0) is 40.5 Å². The summed E-state index contributed by atoms with van der Waals surface area (Å²) >= 11 is 3.45. The van der Waals surface area contributed by atoms with Gasteiger partial charge >= 0.3 is 0 Å². The van der Waals surface area contributed by atoms with Gasteiger partial charge in [0, 0.05) is 7.05 Å². The Morgan fingerprint density at radius 3 is 2.67 bits per heavy atom. The molecule has 5 heteroatoms. The van der Waals surface area contributed by atoms with Gasteiger partial charge in [0.05, 0.1) is 22.0 Å². The smallest absolute Gasteiger partial charge is 0.147 e. The third kappa shape index (κ3) is 2.18. The van der Waals surface area contributed by atoms with E-state index in [2.05, 4.69) is 20.9 Å². The van der Waals surface area contributed by atoms with Crippen molar-refractivity contribution in [2.45, 2.75) is 6.92 Å². The Kier molecular flexibility index (Phi) is 3.52. The van der Waals surface area contributed by atoms with Gasteiger partial charge in [0.25, 0.3) is 0 Å². The minimum absolute atomic E-state index is 0.289. The molecule has 3 nitrogen and oxygen atoms in total. The van der Waals surface area contributed by atoms with E-state index < -0.39 is 0 Å². The quantitative estimate of drug-likeness (QED) is 0.921. The Morgan fingerprint density at radius 2 is 2.00 bits per heavy atom. The Balaban J connectivity index is 2.50. The monoisotopic (exact) mass is 309 g/mol. The highest BCUT2D eigenvalue weighted by Crippen LogP contribution is 2.34. The molecule has 1 aromatic heterocycles. The van der Waals surface area contributed by atoms with Gasteiger partial charge in [0.1, 0.15) is 11.6 Å². The summed E-state index contributed by atoms with van der Waals surface area (Å²) in [7, 11) is 1.77. The van der Waals surface area contributed by atoms with Crippen LogP contribution in [0.5, 0.6) is 0 Å². The standard InChI is InChI=1S/C13H13BrFN3/c1-8-10(16)7-17-13(12(8)14)18(2)11-6-4-3-5-9(11)15/h3-7H,16H2,1-2H3. The van der Waals surface area contributed by atoms with E-state index >= 15 is 0 Å². The molecule has 2 rings (SSSR count). The number of rotatable bonds is 2. The van der Waals surface area contributed by atoms with Gasteiger partial charge in [0.2, 0.25) is 0 Å². The molecule has 0 bridgehead atoms. The van der Waals surface area contributed by atoms with E-state index in [9.17, 15) is 4.39 Å². The average molecular weight is 310 g/mol. The molecule has 2 aromatic rings. The first-order valence-corrected chi connectivity index (χ1v) is 6.20. The maximum Gasteiger partial charge on any atom is 0.147 e. The lowest BCUT2D eigenvalue weighted by Gasteiger charge is -2.21. The van der Waals surface area contributed by atoms with Crippen molar-refractivity contribution >= 4 is 33.1 Å². The van der Waals surface area contributed by atoms with Crippen molar-refractivity contribution in [1.29, 1.82) is 0 Å². The summed E-state index contributed by atoms with van der Waals surface area (Å²) in [5.41, 5.74) is 7.74. The van der Waals surface area contributed by atoms with Crippen LogP contribution in [0, 0.1) is 12.7 Å². The number of hydrogen-bond donors (Lipinski definition) is 1. The molecule has 1 aromatic carbocycles. The first-order chi connectivity index (χ1) is 8.52. The zero-order valence-corrected chi connectivity index (χ0v) is 11.7. The fraction of sp³-hybridized carbons (Fsp3) is 0.154. The first-order valence-electron chi connectivity index (χ1n) is 5.41. The summed E-state index contributed by atoms with van der Waals surface area (Å²) < 4.78 is 14.5. The minimum Gasteiger partial charge on any atom is -0.397 e. The van der Waals surface area contributed by atoms with Gasteiger partial charge in [-0.15, -0.1) is 0 Å². The van der Waals surface area contributed by atoms with Crippen LogP contribution in [0.2, 0.25) is 0 Å². The van der Waals surface area contributed by atoms with Crippen LogP contribution >= 0.6 is 15.9 Å². The summed E-state index contributed by atoms with van der Waals surface area (Å²) in [6, 6.07) is 6.56. The fourth-order valence-electron chi connectivity index (χ4n) is 1.65. The highest BCUT2D eigenvalue weighted by Gasteiger charge is 2.15. The molecule has 0 aliphatic heterocycles. The maximum absolute atomic E-state index is 13.7. The first kappa shape index (κ1) is 12.8. The molecule has 1 heterocycles. The van der Waals surface area contributed by atoms with E-state index in [0.717, 1.165) is 10.0 Å². The Labute approximate surface area is 114 Å². The van der Waals surface area contributed by atoms with Crippen molar-refractivity contribution in [1.82, 2.24) is 4.98 Å². The Morgan fingerprint density at radius 1 is 1.33 bits per heavy atom. The number of nitrogens with zero attached hydrogens (tertiary/aromatic N) is 2. The number of nitrogens with two attached hydrogens (primary N) is 1. The zero-order valence-electron chi connectivity index (χ0n) is 10.1. The summed E-state index contributed by atoms with van der Waals surface area (Å²) in [5.74, 6) is 0.343. The summed E-state index contributed by atoms with van der Waals surface area (Å²) in [6.07, 6.45) is 1.58. The maximum atomic E-state index is 13.7. The van der Waals surface area contributed by atoms with E-state index in [-0.39, 0.29) is 5.82 Å². The van der Waals surface area contributed by atoms with Crippen LogP contribution < -0.4 is 10.6 Å². The molecule has 0 unspecified atom stereocenters. The van der Waals surface area contributed by atoms with Crippen LogP contribution in [-0.4, -0.2) is 12.0 Å².